The van der Waals surface area contributed by atoms with Gasteiger partial charge >= 0.3 is 0 Å². The molecule has 1 aliphatic heterocycles. The molecule has 0 saturated carbocycles. The lowest BCUT2D eigenvalue weighted by Gasteiger charge is -2.30. The molecule has 0 aromatic heterocycles. The van der Waals surface area contributed by atoms with E-state index in [2.05, 4.69) is 17.4 Å². The van der Waals surface area contributed by atoms with Crippen LogP contribution in [0.3, 0.4) is 0 Å². The van der Waals surface area contributed by atoms with E-state index in [0.29, 0.717) is 6.04 Å². The van der Waals surface area contributed by atoms with Crippen LogP contribution in [0.15, 0.2) is 0 Å². The van der Waals surface area contributed by atoms with Crippen molar-refractivity contribution in [2.75, 3.05) is 26.8 Å². The normalized spacial score (nSPS) is 21.7. The molecule has 0 radical (unpaired) electrons. The molecule has 0 amide bonds. The zero-order valence-corrected chi connectivity index (χ0v) is 8.88. The van der Waals surface area contributed by atoms with Gasteiger partial charge < -0.3 is 4.74 Å². The summed E-state index contributed by atoms with van der Waals surface area (Å²) in [7, 11) is 1.76. The van der Waals surface area contributed by atoms with Gasteiger partial charge in [0.05, 0.1) is 0 Å². The van der Waals surface area contributed by atoms with Gasteiger partial charge in [0, 0.05) is 32.8 Å². The number of methoxy groups -OCH3 is 1. The van der Waals surface area contributed by atoms with Crippen molar-refractivity contribution < 1.29 is 4.74 Å². The molecule has 0 aromatic carbocycles. The van der Waals surface area contributed by atoms with Crippen LogP contribution in [0, 0.1) is 0 Å². The molecule has 0 aliphatic carbocycles. The summed E-state index contributed by atoms with van der Waals surface area (Å²) in [6.07, 6.45) is 5.16. The topological polar surface area (TPSA) is 24.5 Å². The monoisotopic (exact) mass is 186 g/mol. The molecule has 0 spiro atoms. The minimum Gasteiger partial charge on any atom is -0.385 e. The number of piperidine rings is 1. The minimum absolute atomic E-state index is 0.540. The second kappa shape index (κ2) is 6.35. The van der Waals surface area contributed by atoms with Crippen LogP contribution in [-0.4, -0.2) is 37.9 Å². The van der Waals surface area contributed by atoms with Crippen molar-refractivity contribution in [1.29, 1.82) is 0 Å². The first-order valence-corrected chi connectivity index (χ1v) is 5.33. The first-order chi connectivity index (χ1) is 6.33. The van der Waals surface area contributed by atoms with Crippen LogP contribution in [0.4, 0.5) is 0 Å². The summed E-state index contributed by atoms with van der Waals surface area (Å²) in [6.45, 7) is 5.48. The Hall–Kier alpha value is -0.120. The first-order valence-electron chi connectivity index (χ1n) is 5.33. The lowest BCUT2D eigenvalue weighted by atomic mass is 10.1. The molecule has 13 heavy (non-hydrogen) atoms. The van der Waals surface area contributed by atoms with Crippen molar-refractivity contribution in [3.63, 3.8) is 0 Å². The first kappa shape index (κ1) is 11.0. The average Bonchev–Trinajstić information content (AvgIpc) is 2.16. The zero-order chi connectivity index (χ0) is 9.52. The van der Waals surface area contributed by atoms with Gasteiger partial charge in [-0.1, -0.05) is 6.42 Å². The van der Waals surface area contributed by atoms with Crippen molar-refractivity contribution in [3.05, 3.63) is 0 Å². The summed E-state index contributed by atoms with van der Waals surface area (Å²) in [5, 5.41) is 2.35. The van der Waals surface area contributed by atoms with E-state index in [1.807, 2.05) is 0 Å². The molecule has 1 fully saturated rings. The summed E-state index contributed by atoms with van der Waals surface area (Å²) in [5.41, 5.74) is 3.51. The molecule has 1 saturated heterocycles. The largest absolute Gasteiger partial charge is 0.385 e. The molecule has 0 aromatic rings. The van der Waals surface area contributed by atoms with E-state index < -0.39 is 0 Å². The van der Waals surface area contributed by atoms with Crippen LogP contribution < -0.4 is 5.43 Å². The van der Waals surface area contributed by atoms with E-state index in [1.54, 1.807) is 7.11 Å². The molecule has 1 rings (SSSR count). The van der Waals surface area contributed by atoms with E-state index in [0.717, 1.165) is 13.0 Å². The zero-order valence-electron chi connectivity index (χ0n) is 8.88. The fraction of sp³-hybridized carbons (Fsp3) is 1.00. The third kappa shape index (κ3) is 4.60. The predicted molar refractivity (Wildman–Crippen MR) is 54.5 cm³/mol. The van der Waals surface area contributed by atoms with E-state index in [-0.39, 0.29) is 0 Å². The van der Waals surface area contributed by atoms with Gasteiger partial charge in [0.15, 0.2) is 0 Å². The Balaban J connectivity index is 2.07. The standard InChI is InChI=1S/C10H22N2O/c1-10(6-9-13-2)11-12-7-4-3-5-8-12/h10-11H,3-9H2,1-2H3. The Morgan fingerprint density at radius 1 is 1.31 bits per heavy atom. The Labute approximate surface area is 81.4 Å². The van der Waals surface area contributed by atoms with E-state index >= 15 is 0 Å². The Bertz CT molecular complexity index is 124. The van der Waals surface area contributed by atoms with Gasteiger partial charge in [-0.3, -0.25) is 5.43 Å². The number of nitrogens with one attached hydrogen (secondary N) is 1. The molecule has 3 heteroatoms. The van der Waals surface area contributed by atoms with Crippen molar-refractivity contribution in [1.82, 2.24) is 10.4 Å². The second-order valence-corrected chi connectivity index (χ2v) is 3.86. The van der Waals surface area contributed by atoms with Crippen LogP contribution >= 0.6 is 0 Å². The Morgan fingerprint density at radius 2 is 2.00 bits per heavy atom. The fourth-order valence-corrected chi connectivity index (χ4v) is 1.69. The van der Waals surface area contributed by atoms with Gasteiger partial charge in [0.1, 0.15) is 0 Å². The molecule has 1 N–H and O–H groups in total. The summed E-state index contributed by atoms with van der Waals surface area (Å²) in [6, 6.07) is 0.540. The van der Waals surface area contributed by atoms with Crippen molar-refractivity contribution in [2.24, 2.45) is 0 Å². The molecular weight excluding hydrogens is 164 g/mol. The average molecular weight is 186 g/mol. The summed E-state index contributed by atoms with van der Waals surface area (Å²) in [4.78, 5) is 0. The van der Waals surface area contributed by atoms with Gasteiger partial charge in [0.2, 0.25) is 0 Å². The number of rotatable bonds is 5. The van der Waals surface area contributed by atoms with Gasteiger partial charge in [-0.2, -0.15) is 0 Å². The molecule has 1 aliphatic rings. The Kier molecular flexibility index (Phi) is 5.35. The van der Waals surface area contributed by atoms with Gasteiger partial charge in [0.25, 0.3) is 0 Å². The van der Waals surface area contributed by atoms with Gasteiger partial charge in [-0.25, -0.2) is 5.01 Å². The number of hydrogen-bond donors (Lipinski definition) is 1. The Morgan fingerprint density at radius 3 is 2.62 bits per heavy atom. The predicted octanol–water partition coefficient (Wildman–Crippen LogP) is 1.40. The summed E-state index contributed by atoms with van der Waals surface area (Å²) < 4.78 is 5.04. The highest BCUT2D eigenvalue weighted by Crippen LogP contribution is 2.06. The van der Waals surface area contributed by atoms with Crippen molar-refractivity contribution in [3.8, 4) is 0 Å². The quantitative estimate of drug-likeness (QED) is 0.702. The minimum atomic E-state index is 0.540. The van der Waals surface area contributed by atoms with E-state index in [1.165, 1.54) is 32.4 Å². The molecule has 1 heterocycles. The van der Waals surface area contributed by atoms with E-state index in [4.69, 9.17) is 4.74 Å². The van der Waals surface area contributed by atoms with Crippen LogP contribution in [0.25, 0.3) is 0 Å². The number of ether oxygens (including phenoxy) is 1. The maximum Gasteiger partial charge on any atom is 0.0477 e. The summed E-state index contributed by atoms with van der Waals surface area (Å²) in [5.74, 6) is 0. The van der Waals surface area contributed by atoms with Crippen LogP contribution in [0.1, 0.15) is 32.6 Å². The highest BCUT2D eigenvalue weighted by atomic mass is 16.5. The third-order valence-electron chi connectivity index (χ3n) is 2.51. The molecular formula is C10H22N2O. The maximum absolute atomic E-state index is 5.04. The smallest absolute Gasteiger partial charge is 0.0477 e. The molecule has 1 atom stereocenters. The highest BCUT2D eigenvalue weighted by Gasteiger charge is 2.11. The van der Waals surface area contributed by atoms with Crippen LogP contribution in [0.5, 0.6) is 0 Å². The van der Waals surface area contributed by atoms with Gasteiger partial charge in [-0.15, -0.1) is 0 Å². The summed E-state index contributed by atoms with van der Waals surface area (Å²) >= 11 is 0. The van der Waals surface area contributed by atoms with Crippen molar-refractivity contribution in [2.45, 2.75) is 38.6 Å². The molecule has 1 unspecified atom stereocenters. The maximum atomic E-state index is 5.04. The fourth-order valence-electron chi connectivity index (χ4n) is 1.69. The van der Waals surface area contributed by atoms with Crippen LogP contribution in [-0.2, 0) is 4.74 Å². The number of hydrazine groups is 1. The highest BCUT2D eigenvalue weighted by molar-refractivity contribution is 4.64. The van der Waals surface area contributed by atoms with Crippen LogP contribution in [0.2, 0.25) is 0 Å². The van der Waals surface area contributed by atoms with Gasteiger partial charge in [-0.05, 0) is 26.2 Å². The SMILES string of the molecule is COCCC(C)NN1CCCCC1. The van der Waals surface area contributed by atoms with Crippen molar-refractivity contribution >= 4 is 0 Å². The molecule has 78 valence electrons. The molecule has 0 bridgehead atoms. The number of hydrogen-bond acceptors (Lipinski definition) is 3. The lowest BCUT2D eigenvalue weighted by molar-refractivity contribution is 0.113. The second-order valence-electron chi connectivity index (χ2n) is 3.86. The third-order valence-corrected chi connectivity index (χ3v) is 2.51. The molecule has 3 nitrogen and oxygen atoms in total. The van der Waals surface area contributed by atoms with E-state index in [9.17, 15) is 0 Å². The lowest BCUT2D eigenvalue weighted by Crippen LogP contribution is -2.46. The number of nitrogens with zero attached hydrogens (tertiary/aromatic N) is 1.